The number of carbonyl (C=O) groups excluding carboxylic acids is 1. The Labute approximate surface area is 180 Å². The minimum atomic E-state index is -3.87. The summed E-state index contributed by atoms with van der Waals surface area (Å²) in [5.74, 6) is 0.423. The number of halogens is 1. The van der Waals surface area contributed by atoms with E-state index in [9.17, 15) is 13.2 Å². The molecule has 0 aliphatic heterocycles. The largest absolute Gasteiger partial charge is 0.354 e. The summed E-state index contributed by atoms with van der Waals surface area (Å²) in [5, 5.41) is 2.82. The van der Waals surface area contributed by atoms with E-state index in [0.717, 1.165) is 14.5 Å². The summed E-state index contributed by atoms with van der Waals surface area (Å²) in [6, 6.07) is 15.0. The predicted octanol–water partition coefficient (Wildman–Crippen LogP) is 4.29. The van der Waals surface area contributed by atoms with Crippen LogP contribution in [-0.4, -0.2) is 37.9 Å². The van der Waals surface area contributed by atoms with E-state index in [1.54, 1.807) is 54.2 Å². The van der Waals surface area contributed by atoms with E-state index in [-0.39, 0.29) is 22.1 Å². The Balaban J connectivity index is 2.19. The average molecular weight is 485 g/mol. The van der Waals surface area contributed by atoms with E-state index >= 15 is 0 Å². The fraction of sp³-hybridized carbons (Fsp3) is 0.350. The highest BCUT2D eigenvalue weighted by molar-refractivity contribution is 9.10. The average Bonchev–Trinajstić information content (AvgIpc) is 2.63. The molecule has 0 heterocycles. The van der Waals surface area contributed by atoms with Gasteiger partial charge in [0.25, 0.3) is 10.0 Å². The number of anilines is 1. The molecule has 0 atom stereocenters. The van der Waals surface area contributed by atoms with Gasteiger partial charge in [-0.1, -0.05) is 61.0 Å². The van der Waals surface area contributed by atoms with E-state index in [1.165, 1.54) is 12.1 Å². The number of thioether (sulfide) groups is 1. The number of rotatable bonds is 8. The van der Waals surface area contributed by atoms with Gasteiger partial charge in [-0.05, 0) is 30.3 Å². The first kappa shape index (κ1) is 22.8. The minimum absolute atomic E-state index is 0.115. The maximum Gasteiger partial charge on any atom is 0.264 e. The highest BCUT2D eigenvalue weighted by Crippen LogP contribution is 2.26. The molecule has 0 saturated heterocycles. The van der Waals surface area contributed by atoms with Gasteiger partial charge in [0.05, 0.1) is 10.6 Å². The summed E-state index contributed by atoms with van der Waals surface area (Å²) >= 11 is 5.11. The summed E-state index contributed by atoms with van der Waals surface area (Å²) in [5.41, 5.74) is 0.428. The molecule has 0 unspecified atom stereocenters. The summed E-state index contributed by atoms with van der Waals surface area (Å²) < 4.78 is 28.3. The lowest BCUT2D eigenvalue weighted by atomic mass is 10.3. The molecule has 0 spiro atoms. The molecule has 0 aliphatic carbocycles. The van der Waals surface area contributed by atoms with E-state index in [1.807, 2.05) is 0 Å². The van der Waals surface area contributed by atoms with Gasteiger partial charge in [0, 0.05) is 21.5 Å². The van der Waals surface area contributed by atoms with E-state index in [0.29, 0.717) is 12.2 Å². The van der Waals surface area contributed by atoms with Crippen molar-refractivity contribution < 1.29 is 13.2 Å². The van der Waals surface area contributed by atoms with Crippen LogP contribution in [0.2, 0.25) is 0 Å². The Morgan fingerprint density at radius 3 is 2.39 bits per heavy atom. The second-order valence-corrected chi connectivity index (χ2v) is 11.8. The number of hydrogen-bond donors (Lipinski definition) is 1. The zero-order valence-electron chi connectivity index (χ0n) is 16.2. The van der Waals surface area contributed by atoms with E-state index in [2.05, 4.69) is 42.0 Å². The fourth-order valence-corrected chi connectivity index (χ4v) is 5.04. The van der Waals surface area contributed by atoms with Gasteiger partial charge in [-0.15, -0.1) is 0 Å². The summed E-state index contributed by atoms with van der Waals surface area (Å²) in [6.07, 6.45) is 0. The number of nitrogens with one attached hydrogen (secondary N) is 1. The van der Waals surface area contributed by atoms with Crippen molar-refractivity contribution in [2.75, 3.05) is 23.1 Å². The third-order valence-corrected chi connectivity index (χ3v) is 7.23. The van der Waals surface area contributed by atoms with E-state index < -0.39 is 10.0 Å². The number of carbonyl (C=O) groups is 1. The molecule has 0 fully saturated rings. The molecule has 1 amide bonds. The van der Waals surface area contributed by atoms with Gasteiger partial charge >= 0.3 is 0 Å². The van der Waals surface area contributed by atoms with Crippen LogP contribution in [0.4, 0.5) is 5.69 Å². The third kappa shape index (κ3) is 6.83. The monoisotopic (exact) mass is 484 g/mol. The van der Waals surface area contributed by atoms with Crippen molar-refractivity contribution in [3.63, 3.8) is 0 Å². The van der Waals surface area contributed by atoms with Crippen LogP contribution in [-0.2, 0) is 14.8 Å². The van der Waals surface area contributed by atoms with Crippen molar-refractivity contribution in [1.29, 1.82) is 0 Å². The zero-order chi connectivity index (χ0) is 20.8. The first-order chi connectivity index (χ1) is 13.1. The molecule has 2 aromatic carbocycles. The Kier molecular flexibility index (Phi) is 7.97. The summed E-state index contributed by atoms with van der Waals surface area (Å²) in [6.45, 7) is 6.54. The molecule has 0 radical (unpaired) electrons. The standard InChI is InChI=1S/C20H25BrN2O3S2/c1-20(2,3)27-13-12-22-19(24)15-23(17-9-7-8-16(21)14-17)28(25,26)18-10-5-4-6-11-18/h4-11,14H,12-13,15H2,1-3H3,(H,22,24). The summed E-state index contributed by atoms with van der Waals surface area (Å²) in [7, 11) is -3.87. The quantitative estimate of drug-likeness (QED) is 0.567. The number of amides is 1. The molecular formula is C20H25BrN2O3S2. The molecule has 0 aliphatic rings. The Hall–Kier alpha value is -1.51. The maximum absolute atomic E-state index is 13.2. The van der Waals surface area contributed by atoms with Crippen molar-refractivity contribution in [3.05, 3.63) is 59.1 Å². The minimum Gasteiger partial charge on any atom is -0.354 e. The lowest BCUT2D eigenvalue weighted by Crippen LogP contribution is -2.41. The molecule has 28 heavy (non-hydrogen) atoms. The molecule has 0 saturated carbocycles. The van der Waals surface area contributed by atoms with Crippen LogP contribution in [0, 0.1) is 0 Å². The van der Waals surface area contributed by atoms with Gasteiger partial charge in [0.1, 0.15) is 6.54 Å². The summed E-state index contributed by atoms with van der Waals surface area (Å²) in [4.78, 5) is 12.6. The Morgan fingerprint density at radius 1 is 1.11 bits per heavy atom. The second kappa shape index (κ2) is 9.80. The van der Waals surface area contributed by atoms with Crippen LogP contribution in [0.5, 0.6) is 0 Å². The lowest BCUT2D eigenvalue weighted by molar-refractivity contribution is -0.119. The third-order valence-electron chi connectivity index (χ3n) is 3.67. The van der Waals surface area contributed by atoms with Crippen LogP contribution < -0.4 is 9.62 Å². The van der Waals surface area contributed by atoms with Gasteiger partial charge in [-0.25, -0.2) is 8.42 Å². The van der Waals surface area contributed by atoms with Crippen LogP contribution in [0.1, 0.15) is 20.8 Å². The van der Waals surface area contributed by atoms with Crippen LogP contribution in [0.25, 0.3) is 0 Å². The van der Waals surface area contributed by atoms with Crippen molar-refractivity contribution in [3.8, 4) is 0 Å². The van der Waals surface area contributed by atoms with Crippen molar-refractivity contribution in [2.45, 2.75) is 30.4 Å². The number of sulfonamides is 1. The molecule has 152 valence electrons. The van der Waals surface area contributed by atoms with Gasteiger partial charge in [-0.3, -0.25) is 9.10 Å². The molecule has 2 aromatic rings. The topological polar surface area (TPSA) is 66.5 Å². The van der Waals surface area contributed by atoms with Gasteiger partial charge in [0.2, 0.25) is 5.91 Å². The molecule has 8 heteroatoms. The predicted molar refractivity (Wildman–Crippen MR) is 120 cm³/mol. The SMILES string of the molecule is CC(C)(C)SCCNC(=O)CN(c1cccc(Br)c1)S(=O)(=O)c1ccccc1. The number of benzene rings is 2. The fourth-order valence-electron chi connectivity index (χ4n) is 2.40. The Morgan fingerprint density at radius 2 is 1.79 bits per heavy atom. The smallest absolute Gasteiger partial charge is 0.264 e. The maximum atomic E-state index is 13.2. The van der Waals surface area contributed by atoms with Gasteiger partial charge in [0.15, 0.2) is 0 Å². The second-order valence-electron chi connectivity index (χ2n) is 7.12. The van der Waals surface area contributed by atoms with Crippen molar-refractivity contribution >= 4 is 49.3 Å². The highest BCUT2D eigenvalue weighted by Gasteiger charge is 2.27. The van der Waals surface area contributed by atoms with Crippen LogP contribution in [0.15, 0.2) is 64.0 Å². The van der Waals surface area contributed by atoms with E-state index in [4.69, 9.17) is 0 Å². The molecule has 5 nitrogen and oxygen atoms in total. The van der Waals surface area contributed by atoms with Gasteiger partial charge < -0.3 is 5.32 Å². The highest BCUT2D eigenvalue weighted by atomic mass is 79.9. The molecule has 0 bridgehead atoms. The lowest BCUT2D eigenvalue weighted by Gasteiger charge is -2.24. The van der Waals surface area contributed by atoms with Crippen molar-refractivity contribution in [1.82, 2.24) is 5.32 Å². The first-order valence-electron chi connectivity index (χ1n) is 8.83. The van der Waals surface area contributed by atoms with Crippen molar-refractivity contribution in [2.24, 2.45) is 0 Å². The van der Waals surface area contributed by atoms with Gasteiger partial charge in [-0.2, -0.15) is 11.8 Å². The first-order valence-corrected chi connectivity index (χ1v) is 12.1. The molecular weight excluding hydrogens is 460 g/mol. The number of nitrogens with zero attached hydrogens (tertiary/aromatic N) is 1. The Bertz CT molecular complexity index is 897. The number of hydrogen-bond acceptors (Lipinski definition) is 4. The van der Waals surface area contributed by atoms with Crippen LogP contribution in [0.3, 0.4) is 0 Å². The zero-order valence-corrected chi connectivity index (χ0v) is 19.4. The van der Waals surface area contributed by atoms with Crippen LogP contribution >= 0.6 is 27.7 Å². The molecule has 1 N–H and O–H groups in total. The molecule has 0 aromatic heterocycles. The normalized spacial score (nSPS) is 11.9. The molecule has 2 rings (SSSR count).